The van der Waals surface area contributed by atoms with Crippen LogP contribution in [0.5, 0.6) is 0 Å². The number of rotatable bonds is 7. The minimum Gasteiger partial charge on any atom is -0.461 e. The Bertz CT molecular complexity index is 1030. The van der Waals surface area contributed by atoms with E-state index >= 15 is 0 Å². The van der Waals surface area contributed by atoms with Gasteiger partial charge in [-0.3, -0.25) is 4.79 Å². The molecule has 0 fully saturated rings. The van der Waals surface area contributed by atoms with Crippen LogP contribution in [0.4, 0.5) is 5.69 Å². The minimum atomic E-state index is -0.516. The number of carbonyl (C=O) groups excluding carboxylic acids is 2. The Morgan fingerprint density at radius 1 is 1.07 bits per heavy atom. The molecule has 5 nitrogen and oxygen atoms in total. The van der Waals surface area contributed by atoms with Crippen molar-refractivity contribution >= 4 is 63.1 Å². The highest BCUT2D eigenvalue weighted by Crippen LogP contribution is 2.36. The molecule has 0 amide bonds. The Morgan fingerprint density at radius 3 is 2.46 bits per heavy atom. The van der Waals surface area contributed by atoms with E-state index in [0.29, 0.717) is 43.8 Å². The Kier molecular flexibility index (Phi) is 6.50. The quantitative estimate of drug-likeness (QED) is 0.350. The van der Waals surface area contributed by atoms with Crippen molar-refractivity contribution in [3.05, 3.63) is 62.7 Å². The predicted molar refractivity (Wildman–Crippen MR) is 113 cm³/mol. The molecule has 2 aromatic carbocycles. The molecule has 0 aliphatic heterocycles. The van der Waals surface area contributed by atoms with Gasteiger partial charge in [0.25, 0.3) is 0 Å². The number of halogens is 3. The Hall–Kier alpha value is -2.21. The maximum Gasteiger partial charge on any atom is 0.356 e. The average molecular weight is 440 g/mol. The van der Waals surface area contributed by atoms with Crippen LogP contribution in [-0.2, 0) is 4.74 Å². The van der Waals surface area contributed by atoms with Gasteiger partial charge < -0.3 is 15.0 Å². The van der Waals surface area contributed by atoms with Crippen molar-refractivity contribution in [2.45, 2.75) is 13.3 Å². The average Bonchev–Trinajstić information content (AvgIpc) is 3.01. The van der Waals surface area contributed by atoms with Crippen molar-refractivity contribution in [2.75, 3.05) is 18.5 Å². The molecule has 0 aliphatic carbocycles. The lowest BCUT2D eigenvalue weighted by Gasteiger charge is -2.09. The molecule has 0 spiro atoms. The van der Waals surface area contributed by atoms with Crippen molar-refractivity contribution in [2.24, 2.45) is 0 Å². The first-order valence-corrected chi connectivity index (χ1v) is 9.74. The Balaban J connectivity index is 1.84. The molecule has 0 aliphatic rings. The van der Waals surface area contributed by atoms with E-state index in [1.165, 1.54) is 0 Å². The molecule has 0 radical (unpaired) electrons. The van der Waals surface area contributed by atoms with Crippen LogP contribution < -0.4 is 5.32 Å². The van der Waals surface area contributed by atoms with Crippen LogP contribution in [-0.4, -0.2) is 29.9 Å². The summed E-state index contributed by atoms with van der Waals surface area (Å²) in [5.41, 5.74) is 1.90. The highest BCUT2D eigenvalue weighted by atomic mass is 35.5. The maximum atomic E-state index is 12.4. The van der Waals surface area contributed by atoms with Gasteiger partial charge in [-0.25, -0.2) is 4.79 Å². The number of H-pyrrole nitrogens is 1. The van der Waals surface area contributed by atoms with E-state index in [0.717, 1.165) is 0 Å². The molecule has 0 unspecified atom stereocenters. The van der Waals surface area contributed by atoms with Gasteiger partial charge in [0.05, 0.1) is 22.8 Å². The summed E-state index contributed by atoms with van der Waals surface area (Å²) >= 11 is 18.2. The van der Waals surface area contributed by atoms with E-state index in [4.69, 9.17) is 39.5 Å². The van der Waals surface area contributed by atoms with Gasteiger partial charge in [0.2, 0.25) is 0 Å². The summed E-state index contributed by atoms with van der Waals surface area (Å²) in [6.45, 7) is 2.26. The van der Waals surface area contributed by atoms with Crippen LogP contribution in [0.2, 0.25) is 15.1 Å². The molecule has 0 saturated heterocycles. The number of ketones is 1. The monoisotopic (exact) mass is 438 g/mol. The van der Waals surface area contributed by atoms with Crippen molar-refractivity contribution in [1.82, 2.24) is 4.98 Å². The van der Waals surface area contributed by atoms with Crippen molar-refractivity contribution in [1.29, 1.82) is 0 Å². The summed E-state index contributed by atoms with van der Waals surface area (Å²) in [5, 5.41) is 5.16. The number of carbonyl (C=O) groups is 2. The topological polar surface area (TPSA) is 71.2 Å². The molecule has 0 atom stereocenters. The largest absolute Gasteiger partial charge is 0.461 e. The summed E-state index contributed by atoms with van der Waals surface area (Å²) < 4.78 is 5.11. The first kappa shape index (κ1) is 20.5. The van der Waals surface area contributed by atoms with Crippen LogP contribution in [0.15, 0.2) is 36.4 Å². The molecule has 146 valence electrons. The van der Waals surface area contributed by atoms with Crippen LogP contribution in [0.1, 0.15) is 34.2 Å². The van der Waals surface area contributed by atoms with Crippen molar-refractivity contribution in [3.8, 4) is 0 Å². The zero-order chi connectivity index (χ0) is 20.3. The predicted octanol–water partition coefficient (Wildman–Crippen LogP) is 5.99. The molecule has 28 heavy (non-hydrogen) atoms. The number of nitrogens with one attached hydrogen (secondary N) is 2. The smallest absolute Gasteiger partial charge is 0.356 e. The van der Waals surface area contributed by atoms with Gasteiger partial charge in [-0.1, -0.05) is 34.8 Å². The highest BCUT2D eigenvalue weighted by molar-refractivity contribution is 6.40. The molecule has 3 rings (SSSR count). The summed E-state index contributed by atoms with van der Waals surface area (Å²) in [4.78, 5) is 27.7. The van der Waals surface area contributed by atoms with Gasteiger partial charge in [0.1, 0.15) is 5.69 Å². The molecule has 0 saturated carbocycles. The number of anilines is 1. The number of esters is 1. The van der Waals surface area contributed by atoms with E-state index in [1.54, 1.807) is 43.3 Å². The summed E-state index contributed by atoms with van der Waals surface area (Å²) in [6, 6.07) is 9.97. The molecule has 8 heteroatoms. The normalized spacial score (nSPS) is 10.9. The minimum absolute atomic E-state index is 0.0455. The molecule has 1 aromatic heterocycles. The number of hydrogen-bond donors (Lipinski definition) is 2. The zero-order valence-corrected chi connectivity index (χ0v) is 17.2. The number of Topliss-reactive ketones (excluding diaryl/α,β-unsaturated/α-hetero) is 1. The third-order valence-electron chi connectivity index (χ3n) is 4.11. The third kappa shape index (κ3) is 4.43. The second kappa shape index (κ2) is 8.86. The fourth-order valence-electron chi connectivity index (χ4n) is 2.86. The van der Waals surface area contributed by atoms with E-state index in [9.17, 15) is 9.59 Å². The lowest BCUT2D eigenvalue weighted by Crippen LogP contribution is -2.12. The van der Waals surface area contributed by atoms with Crippen LogP contribution >= 0.6 is 34.8 Å². The fourth-order valence-corrected chi connectivity index (χ4v) is 3.58. The van der Waals surface area contributed by atoms with E-state index in [1.807, 2.05) is 0 Å². The molecular weight excluding hydrogens is 423 g/mol. The lowest BCUT2D eigenvalue weighted by atomic mass is 10.1. The molecular formula is C20H17Cl3N2O3. The number of benzene rings is 2. The van der Waals surface area contributed by atoms with Gasteiger partial charge in [0.15, 0.2) is 5.78 Å². The van der Waals surface area contributed by atoms with Gasteiger partial charge in [-0.05, 0) is 43.3 Å². The number of fused-ring (bicyclic) bond motifs is 1. The van der Waals surface area contributed by atoms with Gasteiger partial charge >= 0.3 is 5.97 Å². The van der Waals surface area contributed by atoms with Crippen LogP contribution in [0.3, 0.4) is 0 Å². The molecule has 0 bridgehead atoms. The standard InChI is InChI=1S/C20H17Cl3N2O3/c1-2-28-20(27)19-18(17-14(23)9-13(22)10-15(17)25-19)24-8-7-16(26)11-3-5-12(21)6-4-11/h3-6,9-10,24-25H,2,7-8H2,1H3. The van der Waals surface area contributed by atoms with Crippen molar-refractivity contribution < 1.29 is 14.3 Å². The molecule has 1 heterocycles. The first-order valence-electron chi connectivity index (χ1n) is 8.61. The van der Waals surface area contributed by atoms with Crippen LogP contribution in [0, 0.1) is 0 Å². The first-order chi connectivity index (χ1) is 13.4. The second-order valence-electron chi connectivity index (χ2n) is 6.01. The lowest BCUT2D eigenvalue weighted by molar-refractivity contribution is 0.0521. The summed E-state index contributed by atoms with van der Waals surface area (Å²) in [5.74, 6) is -0.562. The van der Waals surface area contributed by atoms with Gasteiger partial charge in [0, 0.05) is 34.0 Å². The third-order valence-corrected chi connectivity index (χ3v) is 4.88. The fraction of sp³-hybridized carbons (Fsp3) is 0.200. The van der Waals surface area contributed by atoms with E-state index < -0.39 is 5.97 Å². The highest BCUT2D eigenvalue weighted by Gasteiger charge is 2.21. The van der Waals surface area contributed by atoms with Crippen molar-refractivity contribution in [3.63, 3.8) is 0 Å². The van der Waals surface area contributed by atoms with Crippen LogP contribution in [0.25, 0.3) is 10.9 Å². The van der Waals surface area contributed by atoms with E-state index in [2.05, 4.69) is 10.3 Å². The summed E-state index contributed by atoms with van der Waals surface area (Å²) in [7, 11) is 0. The summed E-state index contributed by atoms with van der Waals surface area (Å²) in [6.07, 6.45) is 0.224. The number of hydrogen-bond acceptors (Lipinski definition) is 4. The maximum absolute atomic E-state index is 12.4. The second-order valence-corrected chi connectivity index (χ2v) is 7.29. The SMILES string of the molecule is CCOC(=O)c1[nH]c2cc(Cl)cc(Cl)c2c1NCCC(=O)c1ccc(Cl)cc1. The molecule has 2 N–H and O–H groups in total. The number of aromatic amines is 1. The van der Waals surface area contributed by atoms with E-state index in [-0.39, 0.29) is 24.5 Å². The Labute approximate surface area is 176 Å². The zero-order valence-electron chi connectivity index (χ0n) is 14.9. The number of ether oxygens (including phenoxy) is 1. The Morgan fingerprint density at radius 2 is 1.79 bits per heavy atom. The van der Waals surface area contributed by atoms with Gasteiger partial charge in [-0.15, -0.1) is 0 Å². The van der Waals surface area contributed by atoms with Gasteiger partial charge in [-0.2, -0.15) is 0 Å². The number of aromatic nitrogens is 1. The molecule has 3 aromatic rings.